The summed E-state index contributed by atoms with van der Waals surface area (Å²) in [5, 5.41) is 0.274. The van der Waals surface area contributed by atoms with Crippen molar-refractivity contribution in [3.63, 3.8) is 0 Å². The van der Waals surface area contributed by atoms with Crippen molar-refractivity contribution in [2.24, 2.45) is 0 Å². The van der Waals surface area contributed by atoms with E-state index in [4.69, 9.17) is 0 Å². The molecule has 5 nitrogen and oxygen atoms in total. The van der Waals surface area contributed by atoms with Gasteiger partial charge in [0, 0.05) is 29.7 Å². The Bertz CT molecular complexity index is 1020. The van der Waals surface area contributed by atoms with Crippen molar-refractivity contribution in [2.75, 3.05) is 11.4 Å². The van der Waals surface area contributed by atoms with Crippen LogP contribution < -0.4 is 9.62 Å². The third-order valence-electron chi connectivity index (χ3n) is 5.35. The van der Waals surface area contributed by atoms with E-state index in [2.05, 4.69) is 17.7 Å². The molecule has 1 aliphatic heterocycles. The van der Waals surface area contributed by atoms with Gasteiger partial charge in [-0.05, 0) is 48.6 Å². The van der Waals surface area contributed by atoms with Crippen LogP contribution in [-0.4, -0.2) is 26.1 Å². The quantitative estimate of drug-likeness (QED) is 0.824. The zero-order valence-corrected chi connectivity index (χ0v) is 17.6. The van der Waals surface area contributed by atoms with Gasteiger partial charge < -0.3 is 4.90 Å². The maximum Gasteiger partial charge on any atom is 0.241 e. The van der Waals surface area contributed by atoms with E-state index in [0.717, 1.165) is 29.7 Å². The van der Waals surface area contributed by atoms with Crippen LogP contribution in [0.3, 0.4) is 0 Å². The van der Waals surface area contributed by atoms with E-state index >= 15 is 0 Å². The van der Waals surface area contributed by atoms with Crippen LogP contribution in [0.1, 0.15) is 43.9 Å². The number of carbonyl (C=O) groups excluding carboxylic acids is 1. The predicted molar refractivity (Wildman–Crippen MR) is 112 cm³/mol. The summed E-state index contributed by atoms with van der Waals surface area (Å²) < 4.78 is 29.1. The normalized spacial score (nSPS) is 21.7. The van der Waals surface area contributed by atoms with Gasteiger partial charge in [-0.1, -0.05) is 31.2 Å². The number of thioether (sulfide) groups is 1. The molecule has 4 rings (SSSR count). The first kappa shape index (κ1) is 19.5. The molecule has 0 fully saturated rings. The van der Waals surface area contributed by atoms with Gasteiger partial charge in [0.15, 0.2) is 0 Å². The van der Waals surface area contributed by atoms with E-state index in [9.17, 15) is 13.2 Å². The molecule has 0 aromatic heterocycles. The first-order valence-corrected chi connectivity index (χ1v) is 11.9. The van der Waals surface area contributed by atoms with Crippen LogP contribution in [0.15, 0.2) is 52.3 Å². The molecule has 2 aliphatic rings. The number of nitrogens with one attached hydrogen (secondary N) is 1. The lowest BCUT2D eigenvalue weighted by atomic mass is 9.88. The molecule has 0 spiro atoms. The van der Waals surface area contributed by atoms with Gasteiger partial charge >= 0.3 is 0 Å². The summed E-state index contributed by atoms with van der Waals surface area (Å²) in [7, 11) is -3.70. The number of sulfonamides is 1. The highest BCUT2D eigenvalue weighted by atomic mass is 32.2. The largest absolute Gasteiger partial charge is 0.310 e. The van der Waals surface area contributed by atoms with Crippen molar-refractivity contribution >= 4 is 33.4 Å². The van der Waals surface area contributed by atoms with E-state index in [1.165, 1.54) is 12.5 Å². The lowest BCUT2D eigenvalue weighted by Gasteiger charge is -2.32. The molecule has 2 aromatic rings. The topological polar surface area (TPSA) is 66.5 Å². The molecule has 0 unspecified atom stereocenters. The second-order valence-electron chi connectivity index (χ2n) is 7.45. The van der Waals surface area contributed by atoms with Crippen molar-refractivity contribution in [3.8, 4) is 0 Å². The highest BCUT2D eigenvalue weighted by molar-refractivity contribution is 8.00. The molecule has 0 saturated carbocycles. The number of amides is 1. The van der Waals surface area contributed by atoms with Crippen LogP contribution in [0.5, 0.6) is 0 Å². The van der Waals surface area contributed by atoms with Gasteiger partial charge in [-0.15, -0.1) is 11.8 Å². The number of aryl methyl sites for hydroxylation is 1. The molecule has 148 valence electrons. The minimum Gasteiger partial charge on any atom is -0.310 e. The van der Waals surface area contributed by atoms with E-state index in [-0.39, 0.29) is 22.1 Å². The first-order valence-electron chi connectivity index (χ1n) is 9.54. The number of benzene rings is 2. The van der Waals surface area contributed by atoms with Gasteiger partial charge in [0.05, 0.1) is 10.6 Å². The minimum absolute atomic E-state index is 0.0721. The number of hydrogen-bond donors (Lipinski definition) is 1. The van der Waals surface area contributed by atoms with Crippen molar-refractivity contribution in [1.82, 2.24) is 4.72 Å². The van der Waals surface area contributed by atoms with E-state index in [0.29, 0.717) is 12.2 Å². The summed E-state index contributed by atoms with van der Waals surface area (Å²) in [6.07, 6.45) is 2.73. The molecule has 1 amide bonds. The number of nitrogens with zero attached hydrogens (tertiary/aromatic N) is 1. The Kier molecular flexibility index (Phi) is 5.24. The van der Waals surface area contributed by atoms with Crippen molar-refractivity contribution in [3.05, 3.63) is 53.6 Å². The van der Waals surface area contributed by atoms with Crippen molar-refractivity contribution in [1.29, 1.82) is 0 Å². The number of hydrogen-bond acceptors (Lipinski definition) is 4. The summed E-state index contributed by atoms with van der Waals surface area (Å²) in [6.45, 7) is 4.17. The van der Waals surface area contributed by atoms with Crippen LogP contribution in [0.4, 0.5) is 5.69 Å². The van der Waals surface area contributed by atoms with E-state index in [1.54, 1.807) is 28.8 Å². The summed E-state index contributed by atoms with van der Waals surface area (Å²) >= 11 is 1.67. The Labute approximate surface area is 170 Å². The molecule has 28 heavy (non-hydrogen) atoms. The van der Waals surface area contributed by atoms with E-state index < -0.39 is 10.0 Å². The maximum atomic E-state index is 13.1. The fraction of sp³-hybridized carbons (Fsp3) is 0.381. The molecule has 0 saturated heterocycles. The summed E-state index contributed by atoms with van der Waals surface area (Å²) in [4.78, 5) is 14.9. The van der Waals surface area contributed by atoms with Gasteiger partial charge in [0.25, 0.3) is 0 Å². The highest BCUT2D eigenvalue weighted by Crippen LogP contribution is 2.40. The number of anilines is 1. The molecular weight excluding hydrogens is 392 g/mol. The van der Waals surface area contributed by atoms with Crippen LogP contribution in [0, 0.1) is 0 Å². The zero-order valence-electron chi connectivity index (χ0n) is 16.0. The fourth-order valence-corrected chi connectivity index (χ4v) is 6.38. The minimum atomic E-state index is -3.70. The Morgan fingerprint density at radius 3 is 2.79 bits per heavy atom. The number of carbonyl (C=O) groups is 1. The van der Waals surface area contributed by atoms with Crippen LogP contribution in [-0.2, 0) is 21.2 Å². The molecular formula is C21H24N2O3S2. The second-order valence-corrected chi connectivity index (χ2v) is 10.6. The van der Waals surface area contributed by atoms with E-state index in [1.807, 2.05) is 24.3 Å². The molecule has 2 aromatic carbocycles. The molecule has 0 bridgehead atoms. The van der Waals surface area contributed by atoms with Crippen molar-refractivity contribution < 1.29 is 13.2 Å². The number of fused-ring (bicyclic) bond motifs is 2. The lowest BCUT2D eigenvalue weighted by molar-refractivity contribution is -0.116. The summed E-state index contributed by atoms with van der Waals surface area (Å²) in [5.74, 6) is -0.0721. The third-order valence-corrected chi connectivity index (χ3v) is 7.97. The first-order chi connectivity index (χ1) is 13.3. The van der Waals surface area contributed by atoms with Gasteiger partial charge in [-0.3, -0.25) is 4.79 Å². The molecule has 1 heterocycles. The SMILES string of the molecule is CC(=O)N1C[C@H](C)Sc2ccc(S(=O)(=O)N[C@H]3CCCc4ccccc43)cc21. The third kappa shape index (κ3) is 3.71. The van der Waals surface area contributed by atoms with Crippen LogP contribution in [0.25, 0.3) is 0 Å². The highest BCUT2D eigenvalue weighted by Gasteiger charge is 2.29. The summed E-state index contributed by atoms with van der Waals surface area (Å²) in [6, 6.07) is 12.9. The second kappa shape index (κ2) is 7.54. The fourth-order valence-electron chi connectivity index (χ4n) is 4.01. The predicted octanol–water partition coefficient (Wildman–Crippen LogP) is 3.89. The monoisotopic (exact) mass is 416 g/mol. The standard InChI is InChI=1S/C21H24N2O3S2/c1-14-13-23(15(2)24)20-12-17(10-11-21(20)27-14)28(25,26)22-19-9-5-7-16-6-3-4-8-18(16)19/h3-4,6,8,10-12,14,19,22H,5,7,9,13H2,1-2H3/t14-,19-/m0/s1. The number of rotatable bonds is 3. The average Bonchev–Trinajstić information content (AvgIpc) is 2.67. The Morgan fingerprint density at radius 1 is 1.21 bits per heavy atom. The van der Waals surface area contributed by atoms with Crippen LogP contribution in [0.2, 0.25) is 0 Å². The Morgan fingerprint density at radius 2 is 2.00 bits per heavy atom. The smallest absolute Gasteiger partial charge is 0.241 e. The molecule has 1 aliphatic carbocycles. The molecule has 2 atom stereocenters. The van der Waals surface area contributed by atoms with Crippen LogP contribution >= 0.6 is 11.8 Å². The van der Waals surface area contributed by atoms with Crippen molar-refractivity contribution in [2.45, 2.75) is 54.2 Å². The molecule has 0 radical (unpaired) electrons. The molecule has 1 N–H and O–H groups in total. The molecule has 7 heteroatoms. The van der Waals surface area contributed by atoms with Gasteiger partial charge in [0.2, 0.25) is 15.9 Å². The van der Waals surface area contributed by atoms with Gasteiger partial charge in [-0.25, -0.2) is 13.1 Å². The Hall–Kier alpha value is -1.83. The summed E-state index contributed by atoms with van der Waals surface area (Å²) in [5.41, 5.74) is 2.95. The zero-order chi connectivity index (χ0) is 19.9. The van der Waals surface area contributed by atoms with Gasteiger partial charge in [0.1, 0.15) is 0 Å². The Balaban J connectivity index is 1.66. The average molecular weight is 417 g/mol. The maximum absolute atomic E-state index is 13.1. The van der Waals surface area contributed by atoms with Gasteiger partial charge in [-0.2, -0.15) is 0 Å². The lowest BCUT2D eigenvalue weighted by Crippen LogP contribution is -2.37.